The van der Waals surface area contributed by atoms with E-state index in [4.69, 9.17) is 0 Å². The maximum atomic E-state index is 13.6. The Morgan fingerprint density at radius 3 is 2.28 bits per heavy atom. The Balaban J connectivity index is 3.05. The van der Waals surface area contributed by atoms with Gasteiger partial charge in [-0.05, 0) is 25.5 Å². The van der Waals surface area contributed by atoms with Gasteiger partial charge < -0.3 is 5.32 Å². The summed E-state index contributed by atoms with van der Waals surface area (Å²) in [5, 5.41) is 3.13. The van der Waals surface area contributed by atoms with Crippen LogP contribution < -0.4 is 5.32 Å². The van der Waals surface area contributed by atoms with E-state index >= 15 is 0 Å². The lowest BCUT2D eigenvalue weighted by Crippen LogP contribution is -2.47. The van der Waals surface area contributed by atoms with E-state index in [1.54, 1.807) is 6.92 Å². The van der Waals surface area contributed by atoms with Gasteiger partial charge >= 0.3 is 0 Å². The second-order valence-corrected chi connectivity index (χ2v) is 5.72. The van der Waals surface area contributed by atoms with Crippen LogP contribution in [-0.4, -0.2) is 16.8 Å². The molecule has 0 saturated carbocycles. The smallest absolute Gasteiger partial charge is 0.257 e. The number of rotatable bonds is 4. The SMILES string of the molecule is CCC(C)(CBr)NC(=O)c1c(F)cc(Br)cc1F. The molecule has 0 aliphatic carbocycles. The van der Waals surface area contributed by atoms with Gasteiger partial charge in [0.2, 0.25) is 0 Å². The number of halogens is 4. The fraction of sp³-hybridized carbons (Fsp3) is 0.417. The molecule has 0 spiro atoms. The molecule has 0 heterocycles. The number of hydrogen-bond acceptors (Lipinski definition) is 1. The van der Waals surface area contributed by atoms with Gasteiger partial charge in [-0.2, -0.15) is 0 Å². The second-order valence-electron chi connectivity index (χ2n) is 4.25. The molecule has 2 nitrogen and oxygen atoms in total. The van der Waals surface area contributed by atoms with Crippen molar-refractivity contribution in [2.24, 2.45) is 0 Å². The predicted octanol–water partition coefficient (Wildman–Crippen LogP) is 4.02. The van der Waals surface area contributed by atoms with Crippen molar-refractivity contribution < 1.29 is 13.6 Å². The summed E-state index contributed by atoms with van der Waals surface area (Å²) < 4.78 is 27.5. The molecule has 1 rings (SSSR count). The summed E-state index contributed by atoms with van der Waals surface area (Å²) >= 11 is 6.24. The molecule has 1 aromatic carbocycles. The maximum absolute atomic E-state index is 13.6. The average Bonchev–Trinajstić information content (AvgIpc) is 2.27. The third kappa shape index (κ3) is 3.51. The Bertz CT molecular complexity index is 438. The summed E-state index contributed by atoms with van der Waals surface area (Å²) in [7, 11) is 0. The highest BCUT2D eigenvalue weighted by Gasteiger charge is 2.27. The molecular weight excluding hydrogens is 372 g/mol. The van der Waals surface area contributed by atoms with Crippen LogP contribution in [0.4, 0.5) is 8.78 Å². The quantitative estimate of drug-likeness (QED) is 0.780. The van der Waals surface area contributed by atoms with E-state index in [-0.39, 0.29) is 4.47 Å². The molecule has 0 saturated heterocycles. The fourth-order valence-corrected chi connectivity index (χ4v) is 2.25. The van der Waals surface area contributed by atoms with Crippen molar-refractivity contribution in [3.63, 3.8) is 0 Å². The van der Waals surface area contributed by atoms with E-state index < -0.39 is 28.6 Å². The normalized spacial score (nSPS) is 14.1. The zero-order valence-corrected chi connectivity index (χ0v) is 13.2. The van der Waals surface area contributed by atoms with Gasteiger partial charge in [0.1, 0.15) is 17.2 Å². The highest BCUT2D eigenvalue weighted by Crippen LogP contribution is 2.21. The van der Waals surface area contributed by atoms with Crippen LogP contribution in [-0.2, 0) is 0 Å². The number of benzene rings is 1. The molecule has 100 valence electrons. The van der Waals surface area contributed by atoms with E-state index in [1.165, 1.54) is 0 Å². The number of alkyl halides is 1. The van der Waals surface area contributed by atoms with Crippen LogP contribution in [0.15, 0.2) is 16.6 Å². The van der Waals surface area contributed by atoms with Gasteiger partial charge in [0.05, 0.1) is 0 Å². The summed E-state index contributed by atoms with van der Waals surface area (Å²) in [6.45, 7) is 3.68. The van der Waals surface area contributed by atoms with Gasteiger partial charge in [0.15, 0.2) is 0 Å². The summed E-state index contributed by atoms with van der Waals surface area (Å²) in [5.41, 5.74) is -1.10. The van der Waals surface area contributed by atoms with E-state index in [0.717, 1.165) is 12.1 Å². The summed E-state index contributed by atoms with van der Waals surface area (Å²) in [5.74, 6) is -2.51. The Morgan fingerprint density at radius 2 is 1.89 bits per heavy atom. The van der Waals surface area contributed by atoms with Crippen LogP contribution in [0.3, 0.4) is 0 Å². The van der Waals surface area contributed by atoms with E-state index in [1.807, 2.05) is 6.92 Å². The molecule has 0 fully saturated rings. The van der Waals surface area contributed by atoms with Crippen LogP contribution >= 0.6 is 31.9 Å². The molecule has 1 amide bonds. The fourth-order valence-electron chi connectivity index (χ4n) is 1.31. The van der Waals surface area contributed by atoms with E-state index in [2.05, 4.69) is 37.2 Å². The first kappa shape index (κ1) is 15.6. The third-order valence-corrected chi connectivity index (χ3v) is 4.42. The monoisotopic (exact) mass is 383 g/mol. The average molecular weight is 385 g/mol. The van der Waals surface area contributed by atoms with Gasteiger partial charge in [0, 0.05) is 15.3 Å². The van der Waals surface area contributed by atoms with Crippen molar-refractivity contribution in [1.82, 2.24) is 5.32 Å². The Morgan fingerprint density at radius 1 is 1.39 bits per heavy atom. The molecule has 6 heteroatoms. The van der Waals surface area contributed by atoms with Gasteiger partial charge in [-0.15, -0.1) is 0 Å². The van der Waals surface area contributed by atoms with E-state index in [9.17, 15) is 13.6 Å². The van der Waals surface area contributed by atoms with Crippen molar-refractivity contribution in [2.75, 3.05) is 5.33 Å². The minimum absolute atomic E-state index is 0.257. The highest BCUT2D eigenvalue weighted by molar-refractivity contribution is 9.10. The number of hydrogen-bond donors (Lipinski definition) is 1. The molecule has 0 bridgehead atoms. The molecule has 0 aliphatic heterocycles. The van der Waals surface area contributed by atoms with Crippen LogP contribution in [0.5, 0.6) is 0 Å². The summed E-state index contributed by atoms with van der Waals surface area (Å²) in [6, 6.07) is 2.13. The van der Waals surface area contributed by atoms with Crippen molar-refractivity contribution in [1.29, 1.82) is 0 Å². The first-order valence-corrected chi connectivity index (χ1v) is 7.27. The molecule has 1 atom stereocenters. The molecule has 0 radical (unpaired) electrons. The zero-order valence-electron chi connectivity index (χ0n) is 9.99. The topological polar surface area (TPSA) is 29.1 Å². The molecule has 0 aromatic heterocycles. The predicted molar refractivity (Wildman–Crippen MR) is 74.0 cm³/mol. The van der Waals surface area contributed by atoms with Gasteiger partial charge in [0.25, 0.3) is 5.91 Å². The zero-order chi connectivity index (χ0) is 13.9. The Labute approximate surface area is 121 Å². The van der Waals surface area contributed by atoms with Crippen molar-refractivity contribution in [3.05, 3.63) is 33.8 Å². The minimum Gasteiger partial charge on any atom is -0.346 e. The standard InChI is InChI=1S/C12H13Br2F2NO/c1-3-12(2,6-13)17-11(18)10-8(15)4-7(14)5-9(10)16/h4-5H,3,6H2,1-2H3,(H,17,18). The third-order valence-electron chi connectivity index (χ3n) is 2.72. The van der Waals surface area contributed by atoms with E-state index in [0.29, 0.717) is 11.8 Å². The lowest BCUT2D eigenvalue weighted by atomic mass is 10.0. The first-order valence-electron chi connectivity index (χ1n) is 5.36. The molecular formula is C12H13Br2F2NO. The summed E-state index contributed by atoms with van der Waals surface area (Å²) in [6.07, 6.45) is 0.643. The number of nitrogens with one attached hydrogen (secondary N) is 1. The molecule has 18 heavy (non-hydrogen) atoms. The van der Waals surface area contributed by atoms with Crippen LogP contribution in [0.25, 0.3) is 0 Å². The lowest BCUT2D eigenvalue weighted by Gasteiger charge is -2.27. The van der Waals surface area contributed by atoms with Crippen LogP contribution in [0, 0.1) is 11.6 Å². The first-order chi connectivity index (χ1) is 8.33. The van der Waals surface area contributed by atoms with Crippen molar-refractivity contribution >= 4 is 37.8 Å². The highest BCUT2D eigenvalue weighted by atomic mass is 79.9. The maximum Gasteiger partial charge on any atom is 0.257 e. The molecule has 1 N–H and O–H groups in total. The van der Waals surface area contributed by atoms with Gasteiger partial charge in [-0.3, -0.25) is 4.79 Å². The van der Waals surface area contributed by atoms with Gasteiger partial charge in [-0.25, -0.2) is 8.78 Å². The Kier molecular flexibility index (Phi) is 5.28. The van der Waals surface area contributed by atoms with Crippen molar-refractivity contribution in [3.8, 4) is 0 Å². The Hall–Kier alpha value is -0.490. The second kappa shape index (κ2) is 6.10. The lowest BCUT2D eigenvalue weighted by molar-refractivity contribution is 0.0904. The van der Waals surface area contributed by atoms with Crippen LogP contribution in [0.2, 0.25) is 0 Å². The largest absolute Gasteiger partial charge is 0.346 e. The number of carbonyl (C=O) groups is 1. The molecule has 1 aromatic rings. The van der Waals surface area contributed by atoms with Crippen LogP contribution in [0.1, 0.15) is 30.6 Å². The molecule has 0 aliphatic rings. The number of carbonyl (C=O) groups excluding carboxylic acids is 1. The number of amides is 1. The van der Waals surface area contributed by atoms with Gasteiger partial charge in [-0.1, -0.05) is 38.8 Å². The molecule has 1 unspecified atom stereocenters. The van der Waals surface area contributed by atoms with Crippen molar-refractivity contribution in [2.45, 2.75) is 25.8 Å². The minimum atomic E-state index is -0.882. The summed E-state index contributed by atoms with van der Waals surface area (Å²) in [4.78, 5) is 11.9.